The van der Waals surface area contributed by atoms with Crippen LogP contribution in [-0.4, -0.2) is 5.33 Å². The van der Waals surface area contributed by atoms with Crippen LogP contribution >= 0.6 is 15.9 Å². The van der Waals surface area contributed by atoms with Crippen LogP contribution in [0.5, 0.6) is 0 Å². The van der Waals surface area contributed by atoms with Crippen molar-refractivity contribution in [1.29, 1.82) is 0 Å². The summed E-state index contributed by atoms with van der Waals surface area (Å²) in [5, 5.41) is 0.973. The van der Waals surface area contributed by atoms with Gasteiger partial charge >= 0.3 is 0 Å². The molecule has 0 fully saturated rings. The Morgan fingerprint density at radius 1 is 1.19 bits per heavy atom. The Bertz CT molecular complexity index is 417. The Hall–Kier alpha value is -1.02. The van der Waals surface area contributed by atoms with Crippen molar-refractivity contribution >= 4 is 15.9 Å². The van der Waals surface area contributed by atoms with Gasteiger partial charge in [-0.25, -0.2) is 0 Å². The minimum absolute atomic E-state index is 0.512. The van der Waals surface area contributed by atoms with Gasteiger partial charge in [0.15, 0.2) is 0 Å². The molecule has 1 nitrogen and oxygen atoms in total. The number of benzene rings is 1. The van der Waals surface area contributed by atoms with Crippen molar-refractivity contribution in [3.05, 3.63) is 59.5 Å². The van der Waals surface area contributed by atoms with Crippen molar-refractivity contribution in [2.75, 3.05) is 5.33 Å². The minimum atomic E-state index is 0.512. The predicted molar refractivity (Wildman–Crippen MR) is 70.1 cm³/mol. The average molecular weight is 279 g/mol. The number of hydrogen-bond donors (Lipinski definition) is 0. The monoisotopic (exact) mass is 278 g/mol. The van der Waals surface area contributed by atoms with Gasteiger partial charge < -0.3 is 4.42 Å². The molecule has 1 atom stereocenters. The van der Waals surface area contributed by atoms with Crippen molar-refractivity contribution in [3.63, 3.8) is 0 Å². The first-order chi connectivity index (χ1) is 7.79. The Morgan fingerprint density at radius 2 is 1.94 bits per heavy atom. The minimum Gasteiger partial charge on any atom is -0.472 e. The van der Waals surface area contributed by atoms with Gasteiger partial charge in [-0.1, -0.05) is 45.8 Å². The molecule has 1 aromatic heterocycles. The summed E-state index contributed by atoms with van der Waals surface area (Å²) in [7, 11) is 0. The Morgan fingerprint density at radius 3 is 2.50 bits per heavy atom. The highest BCUT2D eigenvalue weighted by Gasteiger charge is 2.11. The molecular weight excluding hydrogens is 264 g/mol. The fourth-order valence-electron chi connectivity index (χ4n) is 1.79. The molecule has 2 heteroatoms. The van der Waals surface area contributed by atoms with E-state index in [0.29, 0.717) is 5.92 Å². The van der Waals surface area contributed by atoms with E-state index in [1.165, 1.54) is 16.7 Å². The highest BCUT2D eigenvalue weighted by atomic mass is 79.9. The largest absolute Gasteiger partial charge is 0.472 e. The molecule has 0 aliphatic carbocycles. The smallest absolute Gasteiger partial charge is 0.0934 e. The molecule has 1 heterocycles. The maximum absolute atomic E-state index is 5.10. The van der Waals surface area contributed by atoms with Crippen molar-refractivity contribution in [3.8, 4) is 0 Å². The summed E-state index contributed by atoms with van der Waals surface area (Å²) in [5.74, 6) is 0.512. The Balaban J connectivity index is 2.13. The third kappa shape index (κ3) is 2.76. The zero-order chi connectivity index (χ0) is 11.4. The molecule has 0 aliphatic heterocycles. The molecule has 2 aromatic rings. The van der Waals surface area contributed by atoms with E-state index >= 15 is 0 Å². The molecule has 0 N–H and O–H groups in total. The van der Waals surface area contributed by atoms with Crippen LogP contribution in [0.1, 0.15) is 22.6 Å². The van der Waals surface area contributed by atoms with Crippen LogP contribution in [0.3, 0.4) is 0 Å². The van der Waals surface area contributed by atoms with Crippen molar-refractivity contribution in [2.24, 2.45) is 0 Å². The molecule has 0 spiro atoms. The zero-order valence-corrected chi connectivity index (χ0v) is 10.9. The lowest BCUT2D eigenvalue weighted by molar-refractivity contribution is 0.562. The quantitative estimate of drug-likeness (QED) is 0.760. The van der Waals surface area contributed by atoms with E-state index in [2.05, 4.69) is 47.1 Å². The van der Waals surface area contributed by atoms with E-state index < -0.39 is 0 Å². The SMILES string of the molecule is Cc1ccc(C(CBr)Cc2ccoc2)cc1. The van der Waals surface area contributed by atoms with Crippen molar-refractivity contribution in [2.45, 2.75) is 19.3 Å². The third-order valence-electron chi connectivity index (χ3n) is 2.80. The Kier molecular flexibility index (Phi) is 3.83. The molecule has 16 heavy (non-hydrogen) atoms. The maximum Gasteiger partial charge on any atom is 0.0934 e. The van der Waals surface area contributed by atoms with Crippen molar-refractivity contribution in [1.82, 2.24) is 0 Å². The van der Waals surface area contributed by atoms with Gasteiger partial charge in [0.2, 0.25) is 0 Å². The van der Waals surface area contributed by atoms with E-state index in [4.69, 9.17) is 4.42 Å². The van der Waals surface area contributed by atoms with Gasteiger partial charge in [0, 0.05) is 5.33 Å². The van der Waals surface area contributed by atoms with Gasteiger partial charge in [-0.05, 0) is 36.5 Å². The second-order valence-corrected chi connectivity index (χ2v) is 4.75. The van der Waals surface area contributed by atoms with E-state index in [-0.39, 0.29) is 0 Å². The number of rotatable bonds is 4. The normalized spacial score (nSPS) is 12.6. The first kappa shape index (κ1) is 11.5. The Labute approximate surface area is 105 Å². The van der Waals surface area contributed by atoms with E-state index in [0.717, 1.165) is 11.8 Å². The molecule has 0 radical (unpaired) electrons. The molecule has 0 aliphatic rings. The zero-order valence-electron chi connectivity index (χ0n) is 9.32. The molecule has 2 rings (SSSR count). The fraction of sp³-hybridized carbons (Fsp3) is 0.286. The van der Waals surface area contributed by atoms with Crippen LogP contribution < -0.4 is 0 Å². The van der Waals surface area contributed by atoms with Crippen LogP contribution in [0.2, 0.25) is 0 Å². The molecule has 0 amide bonds. The number of halogens is 1. The van der Waals surface area contributed by atoms with E-state index in [9.17, 15) is 0 Å². The number of alkyl halides is 1. The summed E-state index contributed by atoms with van der Waals surface area (Å²) in [5.41, 5.74) is 3.94. The van der Waals surface area contributed by atoms with Gasteiger partial charge in [-0.15, -0.1) is 0 Å². The standard InChI is InChI=1S/C14H15BrO/c1-11-2-4-13(5-3-11)14(9-15)8-12-6-7-16-10-12/h2-7,10,14H,8-9H2,1H3. The van der Waals surface area contributed by atoms with E-state index in [1.54, 1.807) is 6.26 Å². The second kappa shape index (κ2) is 5.35. The maximum atomic E-state index is 5.10. The summed E-state index contributed by atoms with van der Waals surface area (Å²) < 4.78 is 5.10. The van der Waals surface area contributed by atoms with Crippen LogP contribution in [0.25, 0.3) is 0 Å². The second-order valence-electron chi connectivity index (χ2n) is 4.10. The van der Waals surface area contributed by atoms with Crippen LogP contribution in [0, 0.1) is 6.92 Å². The summed E-state index contributed by atoms with van der Waals surface area (Å²) >= 11 is 3.59. The first-order valence-electron chi connectivity index (χ1n) is 5.43. The van der Waals surface area contributed by atoms with Gasteiger partial charge in [0.05, 0.1) is 12.5 Å². The van der Waals surface area contributed by atoms with Gasteiger partial charge in [0.25, 0.3) is 0 Å². The van der Waals surface area contributed by atoms with Gasteiger partial charge in [0.1, 0.15) is 0 Å². The lowest BCUT2D eigenvalue weighted by Crippen LogP contribution is -2.03. The lowest BCUT2D eigenvalue weighted by atomic mass is 9.94. The molecule has 0 bridgehead atoms. The average Bonchev–Trinajstić information content (AvgIpc) is 2.80. The highest BCUT2D eigenvalue weighted by molar-refractivity contribution is 9.09. The van der Waals surface area contributed by atoms with Gasteiger partial charge in [-0.3, -0.25) is 0 Å². The number of furan rings is 1. The molecule has 1 aromatic carbocycles. The van der Waals surface area contributed by atoms with Crippen molar-refractivity contribution < 1.29 is 4.42 Å². The molecule has 0 saturated heterocycles. The summed E-state index contributed by atoms with van der Waals surface area (Å²) in [4.78, 5) is 0. The summed E-state index contributed by atoms with van der Waals surface area (Å²) in [6.07, 6.45) is 4.57. The molecule has 1 unspecified atom stereocenters. The van der Waals surface area contributed by atoms with E-state index in [1.807, 2.05) is 12.3 Å². The topological polar surface area (TPSA) is 13.1 Å². The van der Waals surface area contributed by atoms with Crippen LogP contribution in [0.15, 0.2) is 47.3 Å². The number of hydrogen-bond acceptors (Lipinski definition) is 1. The first-order valence-corrected chi connectivity index (χ1v) is 6.55. The molecule has 0 saturated carbocycles. The number of aryl methyl sites for hydroxylation is 1. The molecule has 84 valence electrons. The fourth-order valence-corrected chi connectivity index (χ4v) is 2.40. The van der Waals surface area contributed by atoms with Gasteiger partial charge in [-0.2, -0.15) is 0 Å². The lowest BCUT2D eigenvalue weighted by Gasteiger charge is -2.13. The van der Waals surface area contributed by atoms with Crippen LogP contribution in [-0.2, 0) is 6.42 Å². The van der Waals surface area contributed by atoms with Crippen LogP contribution in [0.4, 0.5) is 0 Å². The molecular formula is C14H15BrO. The highest BCUT2D eigenvalue weighted by Crippen LogP contribution is 2.23. The predicted octanol–water partition coefficient (Wildman–Crippen LogP) is 4.31. The summed E-state index contributed by atoms with van der Waals surface area (Å²) in [6.45, 7) is 2.11. The third-order valence-corrected chi connectivity index (χ3v) is 3.58. The summed E-state index contributed by atoms with van der Waals surface area (Å²) in [6, 6.07) is 10.8.